The van der Waals surface area contributed by atoms with Crippen molar-refractivity contribution in [3.05, 3.63) is 0 Å². The van der Waals surface area contributed by atoms with Crippen molar-refractivity contribution in [1.82, 2.24) is 4.67 Å². The van der Waals surface area contributed by atoms with Crippen LogP contribution in [-0.2, 0) is 4.79 Å². The van der Waals surface area contributed by atoms with E-state index in [0.29, 0.717) is 17.5 Å². The summed E-state index contributed by atoms with van der Waals surface area (Å²) in [6, 6.07) is 0. The molecule has 0 atom stereocenters. The number of amides is 1. The molecule has 0 spiro atoms. The van der Waals surface area contributed by atoms with Crippen LogP contribution in [0.5, 0.6) is 0 Å². The Bertz CT molecular complexity index is 200. The first-order valence-electron chi connectivity index (χ1n) is 3.81. The lowest BCUT2D eigenvalue weighted by atomic mass is 10.3. The Hall–Kier alpha value is 0.270. The Kier molecular flexibility index (Phi) is 6.10. The van der Waals surface area contributed by atoms with Gasteiger partial charge in [-0.2, -0.15) is 13.2 Å². The standard InChI is InChI=1S/C6H9Cl2F3NOP/c1-2-3-4-12(14(7)8)5(13)6(9,10)11/h2-4H2,1H3. The molecule has 0 aromatic heterocycles. The Morgan fingerprint density at radius 2 is 1.93 bits per heavy atom. The predicted octanol–water partition coefficient (Wildman–Crippen LogP) is 3.88. The average Bonchev–Trinajstić information content (AvgIpc) is 2.02. The molecule has 0 saturated heterocycles. The minimum absolute atomic E-state index is 0.0620. The highest BCUT2D eigenvalue weighted by Gasteiger charge is 2.44. The topological polar surface area (TPSA) is 20.3 Å². The first-order chi connectivity index (χ1) is 6.30. The van der Waals surface area contributed by atoms with Crippen LogP contribution in [0.3, 0.4) is 0 Å². The number of hydrogen-bond donors (Lipinski definition) is 0. The van der Waals surface area contributed by atoms with Gasteiger partial charge in [0, 0.05) is 6.54 Å². The Morgan fingerprint density at radius 1 is 1.43 bits per heavy atom. The van der Waals surface area contributed by atoms with Gasteiger partial charge in [-0.3, -0.25) is 9.46 Å². The van der Waals surface area contributed by atoms with Crippen molar-refractivity contribution in [2.75, 3.05) is 6.54 Å². The van der Waals surface area contributed by atoms with Gasteiger partial charge in [-0.05, 0) is 6.42 Å². The van der Waals surface area contributed by atoms with Gasteiger partial charge in [0.05, 0.1) is 0 Å². The summed E-state index contributed by atoms with van der Waals surface area (Å²) in [6.45, 7) is -0.340. The van der Waals surface area contributed by atoms with Gasteiger partial charge < -0.3 is 0 Å². The Balaban J connectivity index is 4.42. The maximum Gasteiger partial charge on any atom is 0.471 e. The van der Waals surface area contributed by atoms with Gasteiger partial charge in [-0.1, -0.05) is 35.8 Å². The fraction of sp³-hybridized carbons (Fsp3) is 0.833. The summed E-state index contributed by atoms with van der Waals surface area (Å²) in [4.78, 5) is 10.8. The number of alkyl halides is 3. The van der Waals surface area contributed by atoms with Crippen molar-refractivity contribution in [3.8, 4) is 0 Å². The first-order valence-corrected chi connectivity index (χ1v) is 6.91. The number of unbranched alkanes of at least 4 members (excludes halogenated alkanes) is 1. The normalized spacial score (nSPS) is 11.9. The lowest BCUT2D eigenvalue weighted by Crippen LogP contribution is -2.37. The third-order valence-electron chi connectivity index (χ3n) is 1.38. The zero-order valence-electron chi connectivity index (χ0n) is 7.31. The van der Waals surface area contributed by atoms with Crippen LogP contribution in [-0.4, -0.2) is 23.3 Å². The molecule has 0 aromatic rings. The maximum atomic E-state index is 12.0. The molecule has 2 nitrogen and oxygen atoms in total. The van der Waals surface area contributed by atoms with E-state index in [1.165, 1.54) is 0 Å². The summed E-state index contributed by atoms with van der Waals surface area (Å²) in [5.41, 5.74) is 0. The van der Waals surface area contributed by atoms with E-state index in [2.05, 4.69) is 0 Å². The first kappa shape index (κ1) is 14.3. The average molecular weight is 270 g/mol. The second kappa shape index (κ2) is 5.99. The molecule has 14 heavy (non-hydrogen) atoms. The van der Waals surface area contributed by atoms with Crippen molar-refractivity contribution in [2.45, 2.75) is 25.9 Å². The van der Waals surface area contributed by atoms with Crippen LogP contribution < -0.4 is 0 Å². The molecule has 0 aromatic carbocycles. The van der Waals surface area contributed by atoms with E-state index in [4.69, 9.17) is 22.5 Å². The summed E-state index contributed by atoms with van der Waals surface area (Å²) in [5.74, 6) is -1.97. The van der Waals surface area contributed by atoms with Gasteiger partial charge in [0.25, 0.3) is 0 Å². The lowest BCUT2D eigenvalue weighted by Gasteiger charge is -2.23. The maximum absolute atomic E-state index is 12.0. The highest BCUT2D eigenvalue weighted by atomic mass is 35.9. The minimum Gasteiger partial charge on any atom is -0.289 e. The van der Waals surface area contributed by atoms with Crippen molar-refractivity contribution < 1.29 is 18.0 Å². The van der Waals surface area contributed by atoms with Crippen LogP contribution in [0, 0.1) is 0 Å². The molecular formula is C6H9Cl2F3NOP. The van der Waals surface area contributed by atoms with Gasteiger partial charge in [0.1, 0.15) is 0 Å². The molecule has 8 heteroatoms. The number of carbonyl (C=O) groups is 1. The molecule has 0 fully saturated rings. The summed E-state index contributed by atoms with van der Waals surface area (Å²) in [6.07, 6.45) is -3.79. The Labute approximate surface area is 90.7 Å². The molecule has 0 bridgehead atoms. The van der Waals surface area contributed by atoms with E-state index < -0.39 is 18.9 Å². The third-order valence-corrected chi connectivity index (χ3v) is 3.22. The summed E-state index contributed by atoms with van der Waals surface area (Å²) in [7, 11) is 0. The van der Waals surface area contributed by atoms with Crippen LogP contribution >= 0.6 is 29.3 Å². The van der Waals surface area contributed by atoms with Crippen LogP contribution in [0.1, 0.15) is 19.8 Å². The van der Waals surface area contributed by atoms with E-state index in [0.717, 1.165) is 0 Å². The van der Waals surface area contributed by atoms with E-state index in [-0.39, 0.29) is 6.54 Å². The van der Waals surface area contributed by atoms with Crippen LogP contribution in [0.15, 0.2) is 0 Å². The molecule has 0 rings (SSSR count). The lowest BCUT2D eigenvalue weighted by molar-refractivity contribution is -0.179. The number of nitrogens with zero attached hydrogens (tertiary/aromatic N) is 1. The second-order valence-electron chi connectivity index (χ2n) is 2.49. The molecule has 0 unspecified atom stereocenters. The number of rotatable bonds is 4. The summed E-state index contributed by atoms with van der Waals surface area (Å²) >= 11 is 10.6. The zero-order valence-corrected chi connectivity index (χ0v) is 9.72. The smallest absolute Gasteiger partial charge is 0.289 e. The second-order valence-corrected chi connectivity index (χ2v) is 5.85. The minimum atomic E-state index is -4.90. The fourth-order valence-corrected chi connectivity index (χ4v) is 2.11. The van der Waals surface area contributed by atoms with E-state index in [1.54, 1.807) is 6.92 Å². The molecule has 0 heterocycles. The molecule has 0 aliphatic rings. The summed E-state index contributed by atoms with van der Waals surface area (Å²) < 4.78 is 36.4. The molecule has 0 radical (unpaired) electrons. The predicted molar refractivity (Wildman–Crippen MR) is 51.3 cm³/mol. The molecule has 1 amide bonds. The zero-order chi connectivity index (χ0) is 11.4. The highest BCUT2D eigenvalue weighted by molar-refractivity contribution is 8.02. The van der Waals surface area contributed by atoms with Crippen molar-refractivity contribution in [3.63, 3.8) is 0 Å². The third kappa shape index (κ3) is 4.67. The highest BCUT2D eigenvalue weighted by Crippen LogP contribution is 2.51. The van der Waals surface area contributed by atoms with Crippen molar-refractivity contribution >= 4 is 35.2 Å². The molecule has 0 aliphatic heterocycles. The van der Waals surface area contributed by atoms with Gasteiger partial charge in [0.15, 0.2) is 6.78 Å². The van der Waals surface area contributed by atoms with E-state index >= 15 is 0 Å². The number of hydrogen-bond acceptors (Lipinski definition) is 1. The Morgan fingerprint density at radius 3 is 2.21 bits per heavy atom. The van der Waals surface area contributed by atoms with Gasteiger partial charge in [-0.25, -0.2) is 0 Å². The monoisotopic (exact) mass is 269 g/mol. The SMILES string of the molecule is CCCCN(C(=O)C(F)(F)F)P(Cl)Cl. The van der Waals surface area contributed by atoms with Crippen molar-refractivity contribution in [2.24, 2.45) is 0 Å². The molecule has 0 N–H and O–H groups in total. The van der Waals surface area contributed by atoms with E-state index in [9.17, 15) is 18.0 Å². The number of halogens is 5. The molecular weight excluding hydrogens is 261 g/mol. The number of carbonyl (C=O) groups excluding carboxylic acids is 1. The van der Waals surface area contributed by atoms with Crippen LogP contribution in [0.2, 0.25) is 0 Å². The largest absolute Gasteiger partial charge is 0.471 e. The quantitative estimate of drug-likeness (QED) is 0.710. The molecule has 0 aliphatic carbocycles. The van der Waals surface area contributed by atoms with Gasteiger partial charge >= 0.3 is 12.1 Å². The van der Waals surface area contributed by atoms with E-state index in [1.807, 2.05) is 0 Å². The summed E-state index contributed by atoms with van der Waals surface area (Å²) in [5, 5.41) is 0. The molecule has 0 saturated carbocycles. The molecule has 84 valence electrons. The van der Waals surface area contributed by atoms with Crippen LogP contribution in [0.25, 0.3) is 0 Å². The van der Waals surface area contributed by atoms with Gasteiger partial charge in [0.2, 0.25) is 0 Å². The van der Waals surface area contributed by atoms with Gasteiger partial charge in [-0.15, -0.1) is 0 Å². The fourth-order valence-electron chi connectivity index (χ4n) is 0.700. The van der Waals surface area contributed by atoms with Crippen molar-refractivity contribution in [1.29, 1.82) is 0 Å². The van der Waals surface area contributed by atoms with Crippen LogP contribution in [0.4, 0.5) is 13.2 Å².